The number of hydrogen-bond acceptors (Lipinski definition) is 3. The van der Waals surface area contributed by atoms with Crippen LogP contribution in [-0.2, 0) is 4.74 Å². The zero-order valence-electron chi connectivity index (χ0n) is 9.54. The first kappa shape index (κ1) is 13.1. The second-order valence-corrected chi connectivity index (χ2v) is 3.91. The van der Waals surface area contributed by atoms with Crippen molar-refractivity contribution in [3.63, 3.8) is 0 Å². The Morgan fingerprint density at radius 3 is 2.75 bits per heavy atom. The largest absolute Gasteiger partial charge is 0.490 e. The monoisotopic (exact) mass is 243 g/mol. The number of benzene rings is 1. The van der Waals surface area contributed by atoms with Crippen molar-refractivity contribution in [2.75, 3.05) is 25.6 Å². The van der Waals surface area contributed by atoms with Gasteiger partial charge in [-0.2, -0.15) is 0 Å². The molecule has 1 aromatic rings. The van der Waals surface area contributed by atoms with E-state index in [9.17, 15) is 0 Å². The quantitative estimate of drug-likeness (QED) is 0.591. The first-order valence-corrected chi connectivity index (χ1v) is 5.87. The van der Waals surface area contributed by atoms with Crippen molar-refractivity contribution >= 4 is 17.3 Å². The maximum atomic E-state index is 5.95. The van der Waals surface area contributed by atoms with Crippen LogP contribution in [0.25, 0.3) is 0 Å². The minimum atomic E-state index is 0.507. The summed E-state index contributed by atoms with van der Waals surface area (Å²) in [6, 6.07) is 5.21. The van der Waals surface area contributed by atoms with E-state index >= 15 is 0 Å². The molecule has 1 rings (SSSR count). The van der Waals surface area contributed by atoms with E-state index in [-0.39, 0.29) is 0 Å². The summed E-state index contributed by atoms with van der Waals surface area (Å²) in [5.74, 6) is 0.648. The van der Waals surface area contributed by atoms with Crippen molar-refractivity contribution in [2.24, 2.45) is 0 Å². The molecule has 0 aliphatic rings. The van der Waals surface area contributed by atoms with Gasteiger partial charge in [0.1, 0.15) is 12.4 Å². The average molecular weight is 244 g/mol. The van der Waals surface area contributed by atoms with Gasteiger partial charge in [-0.25, -0.2) is 0 Å². The Morgan fingerprint density at radius 1 is 1.25 bits per heavy atom. The van der Waals surface area contributed by atoms with E-state index in [2.05, 4.69) is 6.92 Å². The summed E-state index contributed by atoms with van der Waals surface area (Å²) >= 11 is 5.95. The first-order valence-electron chi connectivity index (χ1n) is 5.49. The van der Waals surface area contributed by atoms with Gasteiger partial charge >= 0.3 is 0 Å². The van der Waals surface area contributed by atoms with E-state index in [4.69, 9.17) is 26.8 Å². The van der Waals surface area contributed by atoms with Gasteiger partial charge in [-0.05, 0) is 24.6 Å². The van der Waals surface area contributed by atoms with Gasteiger partial charge in [-0.3, -0.25) is 0 Å². The van der Waals surface area contributed by atoms with E-state index in [1.807, 2.05) is 0 Å². The molecule has 0 saturated carbocycles. The lowest BCUT2D eigenvalue weighted by Crippen LogP contribution is -2.07. The summed E-state index contributed by atoms with van der Waals surface area (Å²) < 4.78 is 10.8. The van der Waals surface area contributed by atoms with Crippen molar-refractivity contribution in [3.8, 4) is 5.75 Å². The summed E-state index contributed by atoms with van der Waals surface area (Å²) in [5, 5.41) is 0.536. The minimum Gasteiger partial charge on any atom is -0.490 e. The summed E-state index contributed by atoms with van der Waals surface area (Å²) in [6.07, 6.45) is 2.23. The fraction of sp³-hybridized carbons (Fsp3) is 0.500. The number of anilines is 1. The molecule has 0 fully saturated rings. The summed E-state index contributed by atoms with van der Waals surface area (Å²) in [7, 11) is 0. The van der Waals surface area contributed by atoms with Crippen LogP contribution < -0.4 is 10.5 Å². The lowest BCUT2D eigenvalue weighted by atomic mass is 10.3. The van der Waals surface area contributed by atoms with E-state index in [1.54, 1.807) is 18.2 Å². The predicted octanol–water partition coefficient (Wildman–Crippen LogP) is 3.12. The second-order valence-electron chi connectivity index (χ2n) is 3.50. The Balaban J connectivity index is 2.21. The predicted molar refractivity (Wildman–Crippen MR) is 67.1 cm³/mol. The van der Waals surface area contributed by atoms with Crippen LogP contribution in [0.3, 0.4) is 0 Å². The molecule has 0 unspecified atom stereocenters. The number of ether oxygens (including phenoxy) is 2. The third-order valence-electron chi connectivity index (χ3n) is 2.08. The molecule has 4 heteroatoms. The number of nitrogens with two attached hydrogens (primary N) is 1. The minimum absolute atomic E-state index is 0.507. The van der Waals surface area contributed by atoms with Gasteiger partial charge in [0.05, 0.1) is 11.6 Å². The fourth-order valence-electron chi connectivity index (χ4n) is 1.19. The third-order valence-corrected chi connectivity index (χ3v) is 2.38. The highest BCUT2D eigenvalue weighted by Gasteiger charge is 2.01. The molecule has 0 bridgehead atoms. The van der Waals surface area contributed by atoms with Crippen LogP contribution in [0.5, 0.6) is 5.75 Å². The Labute approximate surface area is 101 Å². The molecule has 0 atom stereocenters. The van der Waals surface area contributed by atoms with E-state index in [1.165, 1.54) is 0 Å². The zero-order valence-corrected chi connectivity index (χ0v) is 10.3. The lowest BCUT2D eigenvalue weighted by Gasteiger charge is -2.08. The Hall–Kier alpha value is -0.930. The standard InChI is InChI=1S/C12H18ClNO2/c1-2-3-6-15-7-8-16-12-5-4-10(14)9-11(12)13/h4-5,9H,2-3,6-8,14H2,1H3. The summed E-state index contributed by atoms with van der Waals surface area (Å²) in [5.41, 5.74) is 6.21. The molecule has 0 aliphatic carbocycles. The smallest absolute Gasteiger partial charge is 0.138 e. The molecule has 2 N–H and O–H groups in total. The van der Waals surface area contributed by atoms with Gasteiger partial charge in [0.15, 0.2) is 0 Å². The van der Waals surface area contributed by atoms with Crippen LogP contribution in [-0.4, -0.2) is 19.8 Å². The molecule has 0 spiro atoms. The fourth-order valence-corrected chi connectivity index (χ4v) is 1.44. The molecule has 0 radical (unpaired) electrons. The first-order chi connectivity index (χ1) is 7.74. The normalized spacial score (nSPS) is 10.4. The SMILES string of the molecule is CCCCOCCOc1ccc(N)cc1Cl. The molecular formula is C12H18ClNO2. The van der Waals surface area contributed by atoms with Crippen LogP contribution in [0.15, 0.2) is 18.2 Å². The molecule has 90 valence electrons. The molecule has 3 nitrogen and oxygen atoms in total. The van der Waals surface area contributed by atoms with Gasteiger partial charge in [0, 0.05) is 12.3 Å². The molecule has 0 aromatic heterocycles. The van der Waals surface area contributed by atoms with Gasteiger partial charge in [0.25, 0.3) is 0 Å². The van der Waals surface area contributed by atoms with Crippen LogP contribution in [0.1, 0.15) is 19.8 Å². The third kappa shape index (κ3) is 4.73. The number of halogens is 1. The number of nitrogen functional groups attached to an aromatic ring is 1. The van der Waals surface area contributed by atoms with Gasteiger partial charge in [-0.15, -0.1) is 0 Å². The van der Waals surface area contributed by atoms with Gasteiger partial charge < -0.3 is 15.2 Å². The van der Waals surface area contributed by atoms with Crippen molar-refractivity contribution in [1.82, 2.24) is 0 Å². The average Bonchev–Trinajstić information content (AvgIpc) is 2.26. The Morgan fingerprint density at radius 2 is 2.06 bits per heavy atom. The molecular weight excluding hydrogens is 226 g/mol. The Kier molecular flexibility index (Phi) is 6.04. The molecule has 1 aromatic carbocycles. The highest BCUT2D eigenvalue weighted by atomic mass is 35.5. The second kappa shape index (κ2) is 7.36. The summed E-state index contributed by atoms with van der Waals surface area (Å²) in [6.45, 7) is 4.01. The number of hydrogen-bond donors (Lipinski definition) is 1. The number of rotatable bonds is 7. The molecule has 0 amide bonds. The molecule has 0 saturated heterocycles. The Bertz CT molecular complexity index is 318. The van der Waals surface area contributed by atoms with Gasteiger partial charge in [0.2, 0.25) is 0 Å². The molecule has 16 heavy (non-hydrogen) atoms. The number of unbranched alkanes of at least 4 members (excludes halogenated alkanes) is 1. The zero-order chi connectivity index (χ0) is 11.8. The van der Waals surface area contributed by atoms with Gasteiger partial charge in [-0.1, -0.05) is 24.9 Å². The highest BCUT2D eigenvalue weighted by Crippen LogP contribution is 2.26. The topological polar surface area (TPSA) is 44.5 Å². The van der Waals surface area contributed by atoms with E-state index in [0.29, 0.717) is 29.7 Å². The maximum absolute atomic E-state index is 5.95. The van der Waals surface area contributed by atoms with Crippen LogP contribution in [0, 0.1) is 0 Å². The van der Waals surface area contributed by atoms with Crippen molar-refractivity contribution < 1.29 is 9.47 Å². The van der Waals surface area contributed by atoms with Crippen molar-refractivity contribution in [1.29, 1.82) is 0 Å². The summed E-state index contributed by atoms with van der Waals surface area (Å²) in [4.78, 5) is 0. The lowest BCUT2D eigenvalue weighted by molar-refractivity contribution is 0.0981. The maximum Gasteiger partial charge on any atom is 0.138 e. The van der Waals surface area contributed by atoms with Crippen molar-refractivity contribution in [3.05, 3.63) is 23.2 Å². The molecule has 0 aliphatic heterocycles. The molecule has 0 heterocycles. The van der Waals surface area contributed by atoms with Crippen molar-refractivity contribution in [2.45, 2.75) is 19.8 Å². The van der Waals surface area contributed by atoms with Crippen LogP contribution >= 0.6 is 11.6 Å². The van der Waals surface area contributed by atoms with E-state index in [0.717, 1.165) is 19.4 Å². The highest BCUT2D eigenvalue weighted by molar-refractivity contribution is 6.32. The van der Waals surface area contributed by atoms with Crippen LogP contribution in [0.4, 0.5) is 5.69 Å². The van der Waals surface area contributed by atoms with Crippen LogP contribution in [0.2, 0.25) is 5.02 Å². The van der Waals surface area contributed by atoms with E-state index < -0.39 is 0 Å².